The van der Waals surface area contributed by atoms with Crippen molar-refractivity contribution >= 4 is 22.7 Å². The topological polar surface area (TPSA) is 21.3 Å². The summed E-state index contributed by atoms with van der Waals surface area (Å²) in [6.45, 7) is 0.983. The van der Waals surface area contributed by atoms with Gasteiger partial charge in [-0.3, -0.25) is 0 Å². The lowest BCUT2D eigenvalue weighted by Crippen LogP contribution is -2.44. The van der Waals surface area contributed by atoms with E-state index in [2.05, 4.69) is 34.3 Å². The molecule has 0 unspecified atom stereocenters. The van der Waals surface area contributed by atoms with Crippen LogP contribution in [0.2, 0.25) is 0 Å². The van der Waals surface area contributed by atoms with Crippen LogP contribution >= 0.6 is 22.7 Å². The van der Waals surface area contributed by atoms with Gasteiger partial charge in [0, 0.05) is 35.0 Å². The van der Waals surface area contributed by atoms with Crippen molar-refractivity contribution in [3.63, 3.8) is 0 Å². The molecule has 2 heterocycles. The summed E-state index contributed by atoms with van der Waals surface area (Å²) in [6, 6.07) is 7.23. The molecule has 4 heteroatoms. The minimum absolute atomic E-state index is 0.479. The zero-order valence-corrected chi connectivity index (χ0v) is 12.0. The maximum absolute atomic E-state index is 5.29. The molecule has 1 aliphatic carbocycles. The smallest absolute Gasteiger partial charge is 0.0601 e. The van der Waals surface area contributed by atoms with Gasteiger partial charge in [-0.05, 0) is 35.7 Å². The lowest BCUT2D eigenvalue weighted by molar-refractivity contribution is 0.0170. The first-order valence-electron chi connectivity index (χ1n) is 6.22. The van der Waals surface area contributed by atoms with E-state index < -0.39 is 0 Å². The predicted octanol–water partition coefficient (Wildman–Crippen LogP) is 3.74. The Morgan fingerprint density at radius 1 is 1.39 bits per heavy atom. The molecule has 2 aromatic rings. The third kappa shape index (κ3) is 2.67. The standard InChI is InChI=1S/C14H17NOS2/c1-16-12-6-11(7-12)15-8-13-5-10(9-18-13)14-3-2-4-17-14/h2-5,9,11-12,15H,6-8H2,1H3. The molecule has 1 N–H and O–H groups in total. The van der Waals surface area contributed by atoms with Crippen molar-refractivity contribution in [1.29, 1.82) is 0 Å². The van der Waals surface area contributed by atoms with Gasteiger partial charge in [0.1, 0.15) is 0 Å². The quantitative estimate of drug-likeness (QED) is 0.900. The molecule has 18 heavy (non-hydrogen) atoms. The van der Waals surface area contributed by atoms with E-state index in [9.17, 15) is 0 Å². The molecule has 0 atom stereocenters. The Balaban J connectivity index is 1.52. The van der Waals surface area contributed by atoms with E-state index in [1.54, 1.807) is 18.4 Å². The van der Waals surface area contributed by atoms with E-state index in [1.807, 2.05) is 11.3 Å². The van der Waals surface area contributed by atoms with Crippen LogP contribution in [-0.2, 0) is 11.3 Å². The molecule has 0 spiro atoms. The van der Waals surface area contributed by atoms with Gasteiger partial charge in [0.25, 0.3) is 0 Å². The van der Waals surface area contributed by atoms with Crippen molar-refractivity contribution in [3.05, 3.63) is 33.8 Å². The Hall–Kier alpha value is -0.680. The molecular weight excluding hydrogens is 262 g/mol. The molecule has 0 aromatic carbocycles. The highest BCUT2D eigenvalue weighted by atomic mass is 32.1. The second-order valence-corrected chi connectivity index (χ2v) is 6.63. The zero-order valence-electron chi connectivity index (χ0n) is 10.4. The van der Waals surface area contributed by atoms with Crippen molar-refractivity contribution in [1.82, 2.24) is 5.32 Å². The van der Waals surface area contributed by atoms with E-state index in [0.29, 0.717) is 12.1 Å². The summed E-state index contributed by atoms with van der Waals surface area (Å²) in [5, 5.41) is 7.97. The largest absolute Gasteiger partial charge is 0.381 e. The van der Waals surface area contributed by atoms with Crippen molar-refractivity contribution in [3.8, 4) is 10.4 Å². The number of hydrogen-bond donors (Lipinski definition) is 1. The second kappa shape index (κ2) is 5.53. The molecule has 3 rings (SSSR count). The van der Waals surface area contributed by atoms with Gasteiger partial charge in [-0.25, -0.2) is 0 Å². The molecule has 0 aliphatic heterocycles. The highest BCUT2D eigenvalue weighted by molar-refractivity contribution is 7.14. The highest BCUT2D eigenvalue weighted by Gasteiger charge is 2.28. The molecule has 0 amide bonds. The van der Waals surface area contributed by atoms with Gasteiger partial charge in [0.2, 0.25) is 0 Å². The highest BCUT2D eigenvalue weighted by Crippen LogP contribution is 2.29. The first-order valence-corrected chi connectivity index (χ1v) is 7.98. The summed E-state index contributed by atoms with van der Waals surface area (Å²) in [4.78, 5) is 2.78. The fourth-order valence-electron chi connectivity index (χ4n) is 2.22. The first kappa shape index (κ1) is 12.4. The van der Waals surface area contributed by atoms with E-state index in [-0.39, 0.29) is 0 Å². The average molecular weight is 279 g/mol. The van der Waals surface area contributed by atoms with Gasteiger partial charge < -0.3 is 10.1 Å². The van der Waals surface area contributed by atoms with Crippen LogP contribution in [0.25, 0.3) is 10.4 Å². The summed E-state index contributed by atoms with van der Waals surface area (Å²) in [5.41, 5.74) is 1.36. The third-order valence-corrected chi connectivity index (χ3v) is 5.31. The monoisotopic (exact) mass is 279 g/mol. The number of methoxy groups -OCH3 is 1. The van der Waals surface area contributed by atoms with Gasteiger partial charge in [0.05, 0.1) is 6.10 Å². The molecule has 1 aliphatic rings. The summed E-state index contributed by atoms with van der Waals surface area (Å²) in [7, 11) is 1.80. The minimum Gasteiger partial charge on any atom is -0.381 e. The van der Waals surface area contributed by atoms with Crippen LogP contribution in [0.15, 0.2) is 29.0 Å². The van der Waals surface area contributed by atoms with Crippen molar-refractivity contribution in [2.45, 2.75) is 31.5 Å². The van der Waals surface area contributed by atoms with Gasteiger partial charge >= 0.3 is 0 Å². The first-order chi connectivity index (χ1) is 8.85. The Labute approximate surface area is 116 Å². The molecule has 1 saturated carbocycles. The van der Waals surface area contributed by atoms with Crippen LogP contribution in [0.3, 0.4) is 0 Å². The van der Waals surface area contributed by atoms with Crippen LogP contribution in [0.5, 0.6) is 0 Å². The average Bonchev–Trinajstić information content (AvgIpc) is 2.97. The molecular formula is C14H17NOS2. The molecule has 96 valence electrons. The number of thiophene rings is 2. The van der Waals surface area contributed by atoms with E-state index in [1.165, 1.54) is 15.3 Å². The summed E-state index contributed by atoms with van der Waals surface area (Å²) in [5.74, 6) is 0. The molecule has 0 bridgehead atoms. The van der Waals surface area contributed by atoms with Crippen LogP contribution in [0.1, 0.15) is 17.7 Å². The Bertz CT molecular complexity index is 486. The summed E-state index contributed by atoms with van der Waals surface area (Å²) < 4.78 is 5.29. The van der Waals surface area contributed by atoms with Gasteiger partial charge in [-0.1, -0.05) is 6.07 Å². The number of nitrogens with one attached hydrogen (secondary N) is 1. The van der Waals surface area contributed by atoms with Crippen molar-refractivity contribution < 1.29 is 4.74 Å². The normalized spacial score (nSPS) is 22.9. The molecule has 2 aromatic heterocycles. The summed E-state index contributed by atoms with van der Waals surface area (Å²) >= 11 is 3.65. The summed E-state index contributed by atoms with van der Waals surface area (Å²) in [6.07, 6.45) is 2.78. The van der Waals surface area contributed by atoms with Crippen LogP contribution < -0.4 is 5.32 Å². The maximum Gasteiger partial charge on any atom is 0.0601 e. The molecule has 0 radical (unpaired) electrons. The number of rotatable bonds is 5. The van der Waals surface area contributed by atoms with Crippen LogP contribution in [-0.4, -0.2) is 19.3 Å². The fourth-order valence-corrected chi connectivity index (χ4v) is 3.84. The SMILES string of the molecule is COC1CC(NCc2cc(-c3cccs3)cs2)C1. The fraction of sp³-hybridized carbons (Fsp3) is 0.429. The van der Waals surface area contributed by atoms with Gasteiger partial charge in [0.15, 0.2) is 0 Å². The lowest BCUT2D eigenvalue weighted by Gasteiger charge is -2.34. The maximum atomic E-state index is 5.29. The van der Waals surface area contributed by atoms with E-state index >= 15 is 0 Å². The van der Waals surface area contributed by atoms with Crippen molar-refractivity contribution in [2.75, 3.05) is 7.11 Å². The van der Waals surface area contributed by atoms with Gasteiger partial charge in [-0.2, -0.15) is 0 Å². The number of ether oxygens (including phenoxy) is 1. The van der Waals surface area contributed by atoms with Gasteiger partial charge in [-0.15, -0.1) is 22.7 Å². The second-order valence-electron chi connectivity index (χ2n) is 4.69. The van der Waals surface area contributed by atoms with Crippen LogP contribution in [0.4, 0.5) is 0 Å². The molecule has 2 nitrogen and oxygen atoms in total. The van der Waals surface area contributed by atoms with E-state index in [0.717, 1.165) is 19.4 Å². The Morgan fingerprint density at radius 2 is 2.28 bits per heavy atom. The Kier molecular flexibility index (Phi) is 3.80. The Morgan fingerprint density at radius 3 is 3.00 bits per heavy atom. The molecule has 0 saturated heterocycles. The van der Waals surface area contributed by atoms with E-state index in [4.69, 9.17) is 4.74 Å². The number of hydrogen-bond acceptors (Lipinski definition) is 4. The zero-order chi connectivity index (χ0) is 12.4. The van der Waals surface area contributed by atoms with Crippen LogP contribution in [0, 0.1) is 0 Å². The predicted molar refractivity (Wildman–Crippen MR) is 78.3 cm³/mol. The molecule has 1 fully saturated rings. The third-order valence-electron chi connectivity index (χ3n) is 3.45. The lowest BCUT2D eigenvalue weighted by atomic mass is 9.89. The minimum atomic E-state index is 0.479. The van der Waals surface area contributed by atoms with Crippen molar-refractivity contribution in [2.24, 2.45) is 0 Å².